The molecule has 1 aromatic rings. The molecule has 0 aliphatic heterocycles. The summed E-state index contributed by atoms with van der Waals surface area (Å²) in [5, 5.41) is 2.65. The van der Waals surface area contributed by atoms with Gasteiger partial charge in [0.05, 0.1) is 12.4 Å². The molecule has 0 aliphatic rings. The molecule has 0 unspecified atom stereocenters. The lowest BCUT2D eigenvalue weighted by atomic mass is 10.2. The maximum absolute atomic E-state index is 13.2. The molecule has 17 heavy (non-hydrogen) atoms. The highest BCUT2D eigenvalue weighted by molar-refractivity contribution is 7.99. The van der Waals surface area contributed by atoms with Crippen LogP contribution in [0.5, 0.6) is 0 Å². The maximum Gasteiger partial charge on any atom is 0.234 e. The van der Waals surface area contributed by atoms with Crippen molar-refractivity contribution in [2.75, 3.05) is 30.5 Å². The van der Waals surface area contributed by atoms with E-state index in [9.17, 15) is 9.18 Å². The second-order valence-electron chi connectivity index (χ2n) is 3.56. The Hall–Kier alpha value is -1.07. The Bertz CT molecular complexity index is 385. The summed E-state index contributed by atoms with van der Waals surface area (Å²) in [6.07, 6.45) is 0. The highest BCUT2D eigenvalue weighted by atomic mass is 32.2. The number of thioether (sulfide) groups is 1. The molecular weight excluding hydrogens is 241 g/mol. The van der Waals surface area contributed by atoms with Gasteiger partial charge in [-0.15, -0.1) is 11.8 Å². The lowest BCUT2D eigenvalue weighted by Crippen LogP contribution is -2.15. The molecule has 1 N–H and O–H groups in total. The molecule has 1 aromatic carbocycles. The molecule has 0 saturated heterocycles. The number of carbonyl (C=O) groups is 1. The van der Waals surface area contributed by atoms with Crippen molar-refractivity contribution in [3.63, 3.8) is 0 Å². The van der Waals surface area contributed by atoms with Crippen LogP contribution in [-0.4, -0.2) is 31.1 Å². The molecule has 0 fully saturated rings. The van der Waals surface area contributed by atoms with E-state index < -0.39 is 0 Å². The van der Waals surface area contributed by atoms with Crippen LogP contribution in [0, 0.1) is 12.7 Å². The molecular formula is C12H16FNO2S. The van der Waals surface area contributed by atoms with Crippen LogP contribution in [0.15, 0.2) is 18.2 Å². The van der Waals surface area contributed by atoms with Gasteiger partial charge in [0.2, 0.25) is 5.91 Å². The number of methoxy groups -OCH3 is 1. The fraction of sp³-hybridized carbons (Fsp3) is 0.417. The molecule has 0 saturated carbocycles. The van der Waals surface area contributed by atoms with Crippen molar-refractivity contribution in [1.29, 1.82) is 0 Å². The third-order valence-electron chi connectivity index (χ3n) is 2.12. The Morgan fingerprint density at radius 3 is 2.94 bits per heavy atom. The monoisotopic (exact) mass is 257 g/mol. The van der Waals surface area contributed by atoms with Crippen molar-refractivity contribution in [2.45, 2.75) is 6.92 Å². The molecule has 0 bridgehead atoms. The molecule has 94 valence electrons. The summed E-state index contributed by atoms with van der Waals surface area (Å²) in [5.74, 6) is 0.676. The normalized spacial score (nSPS) is 10.3. The van der Waals surface area contributed by atoms with Crippen molar-refractivity contribution >= 4 is 23.4 Å². The Kier molecular flexibility index (Phi) is 6.00. The third-order valence-corrected chi connectivity index (χ3v) is 3.04. The first-order chi connectivity index (χ1) is 8.13. The Morgan fingerprint density at radius 2 is 2.29 bits per heavy atom. The Balaban J connectivity index is 2.37. The van der Waals surface area contributed by atoms with Gasteiger partial charge in [-0.25, -0.2) is 4.39 Å². The first-order valence-electron chi connectivity index (χ1n) is 5.26. The van der Waals surface area contributed by atoms with E-state index in [0.717, 1.165) is 5.75 Å². The van der Waals surface area contributed by atoms with Gasteiger partial charge in [0, 0.05) is 18.6 Å². The van der Waals surface area contributed by atoms with Crippen LogP contribution in [0.25, 0.3) is 0 Å². The summed E-state index contributed by atoms with van der Waals surface area (Å²) < 4.78 is 18.1. The summed E-state index contributed by atoms with van der Waals surface area (Å²) in [6.45, 7) is 2.30. The van der Waals surface area contributed by atoms with Crippen LogP contribution in [0.2, 0.25) is 0 Å². The van der Waals surface area contributed by atoms with E-state index >= 15 is 0 Å². The minimum absolute atomic E-state index is 0.130. The molecule has 0 aliphatic carbocycles. The van der Waals surface area contributed by atoms with Gasteiger partial charge in [-0.2, -0.15) is 0 Å². The molecule has 0 aromatic heterocycles. The summed E-state index contributed by atoms with van der Waals surface area (Å²) >= 11 is 1.48. The van der Waals surface area contributed by atoms with Crippen LogP contribution in [0.4, 0.5) is 10.1 Å². The minimum Gasteiger partial charge on any atom is -0.384 e. The number of hydrogen-bond acceptors (Lipinski definition) is 3. The number of anilines is 1. The zero-order valence-corrected chi connectivity index (χ0v) is 10.8. The second kappa shape index (κ2) is 7.29. The summed E-state index contributed by atoms with van der Waals surface area (Å²) in [4.78, 5) is 11.5. The highest BCUT2D eigenvalue weighted by Gasteiger charge is 2.04. The van der Waals surface area contributed by atoms with Gasteiger partial charge < -0.3 is 10.1 Å². The molecule has 0 spiro atoms. The number of benzene rings is 1. The number of carbonyl (C=O) groups excluding carboxylic acids is 1. The number of nitrogens with one attached hydrogen (secondary N) is 1. The van der Waals surface area contributed by atoms with E-state index in [1.54, 1.807) is 26.2 Å². The molecule has 3 nitrogen and oxygen atoms in total. The predicted molar refractivity (Wildman–Crippen MR) is 69.0 cm³/mol. The molecule has 5 heteroatoms. The van der Waals surface area contributed by atoms with Gasteiger partial charge >= 0.3 is 0 Å². The van der Waals surface area contributed by atoms with E-state index in [4.69, 9.17) is 4.74 Å². The van der Waals surface area contributed by atoms with Crippen molar-refractivity contribution in [3.8, 4) is 0 Å². The van der Waals surface area contributed by atoms with Crippen molar-refractivity contribution < 1.29 is 13.9 Å². The van der Waals surface area contributed by atoms with E-state index in [1.165, 1.54) is 17.8 Å². The second-order valence-corrected chi connectivity index (χ2v) is 4.66. The summed E-state index contributed by atoms with van der Waals surface area (Å²) in [5.41, 5.74) is 1.06. The highest BCUT2D eigenvalue weighted by Crippen LogP contribution is 2.14. The molecule has 1 rings (SSSR count). The minimum atomic E-state index is -0.310. The number of ether oxygens (including phenoxy) is 1. The first kappa shape index (κ1) is 14.0. The van der Waals surface area contributed by atoms with Gasteiger partial charge in [-0.1, -0.05) is 6.07 Å². The average molecular weight is 257 g/mol. The third kappa shape index (κ3) is 5.19. The zero-order chi connectivity index (χ0) is 12.7. The largest absolute Gasteiger partial charge is 0.384 e. The van der Waals surface area contributed by atoms with Crippen molar-refractivity contribution in [3.05, 3.63) is 29.6 Å². The van der Waals surface area contributed by atoms with Gasteiger partial charge in [0.1, 0.15) is 5.82 Å². The zero-order valence-electron chi connectivity index (χ0n) is 9.96. The summed E-state index contributed by atoms with van der Waals surface area (Å²) in [6, 6.07) is 4.66. The van der Waals surface area contributed by atoms with Crippen molar-refractivity contribution in [2.24, 2.45) is 0 Å². The Morgan fingerprint density at radius 1 is 1.53 bits per heavy atom. The first-order valence-corrected chi connectivity index (χ1v) is 6.41. The van der Waals surface area contributed by atoms with Gasteiger partial charge in [0.25, 0.3) is 0 Å². The lowest BCUT2D eigenvalue weighted by molar-refractivity contribution is -0.113. The molecule has 1 amide bonds. The quantitative estimate of drug-likeness (QED) is 0.796. The molecule has 0 atom stereocenters. The van der Waals surface area contributed by atoms with Crippen LogP contribution in [0.1, 0.15) is 5.56 Å². The van der Waals surface area contributed by atoms with Gasteiger partial charge in [-0.05, 0) is 24.6 Å². The lowest BCUT2D eigenvalue weighted by Gasteiger charge is -2.06. The van der Waals surface area contributed by atoms with E-state index in [-0.39, 0.29) is 11.7 Å². The molecule has 0 heterocycles. The number of amides is 1. The number of aryl methyl sites for hydroxylation is 1. The SMILES string of the molecule is COCCSCC(=O)Nc1ccc(C)c(F)c1. The maximum atomic E-state index is 13.2. The van der Waals surface area contributed by atoms with Crippen LogP contribution < -0.4 is 5.32 Å². The fourth-order valence-corrected chi connectivity index (χ4v) is 1.86. The van der Waals surface area contributed by atoms with Gasteiger partial charge in [0.15, 0.2) is 0 Å². The predicted octanol–water partition coefficient (Wildman–Crippen LogP) is 2.45. The van der Waals surface area contributed by atoms with Crippen LogP contribution >= 0.6 is 11.8 Å². The fourth-order valence-electron chi connectivity index (χ4n) is 1.17. The summed E-state index contributed by atoms with van der Waals surface area (Å²) in [7, 11) is 1.62. The van der Waals surface area contributed by atoms with E-state index in [1.807, 2.05) is 0 Å². The standard InChI is InChI=1S/C12H16FNO2S/c1-9-3-4-10(7-11(9)13)14-12(15)8-17-6-5-16-2/h3-4,7H,5-6,8H2,1-2H3,(H,14,15). The Labute approximate surface area is 105 Å². The van der Waals surface area contributed by atoms with Crippen LogP contribution in [0.3, 0.4) is 0 Å². The smallest absolute Gasteiger partial charge is 0.234 e. The topological polar surface area (TPSA) is 38.3 Å². The number of hydrogen-bond donors (Lipinski definition) is 1. The van der Waals surface area contributed by atoms with Crippen molar-refractivity contribution in [1.82, 2.24) is 0 Å². The van der Waals surface area contributed by atoms with Crippen LogP contribution in [-0.2, 0) is 9.53 Å². The van der Waals surface area contributed by atoms with Gasteiger partial charge in [-0.3, -0.25) is 4.79 Å². The molecule has 0 radical (unpaired) electrons. The number of rotatable bonds is 6. The average Bonchev–Trinajstić information content (AvgIpc) is 2.30. The van der Waals surface area contributed by atoms with E-state index in [0.29, 0.717) is 23.6 Å². The number of halogens is 1. The van der Waals surface area contributed by atoms with E-state index in [2.05, 4.69) is 5.32 Å².